The summed E-state index contributed by atoms with van der Waals surface area (Å²) in [6.45, 7) is 2.62. The van der Waals surface area contributed by atoms with Gasteiger partial charge in [0.15, 0.2) is 10.3 Å². The maximum absolute atomic E-state index is 12.3. The number of benzene rings is 2. The third kappa shape index (κ3) is 6.21. The summed E-state index contributed by atoms with van der Waals surface area (Å²) in [6.07, 6.45) is 0. The molecule has 0 fully saturated rings. The third-order valence-electron chi connectivity index (χ3n) is 3.77. The molecular weight excluding hydrogens is 388 g/mol. The Balaban J connectivity index is 1.68. The molecule has 0 radical (unpaired) electrons. The van der Waals surface area contributed by atoms with E-state index < -0.39 is 0 Å². The van der Waals surface area contributed by atoms with Crippen molar-refractivity contribution in [3.63, 3.8) is 0 Å². The molecule has 0 unspecified atom stereocenters. The largest absolute Gasteiger partial charge is 0.350 e. The summed E-state index contributed by atoms with van der Waals surface area (Å²) in [7, 11) is 1.99. The van der Waals surface area contributed by atoms with Crippen molar-refractivity contribution < 1.29 is 4.79 Å². The Bertz CT molecular complexity index is 926. The fourth-order valence-electron chi connectivity index (χ4n) is 2.46. The predicted molar refractivity (Wildman–Crippen MR) is 119 cm³/mol. The minimum absolute atomic E-state index is 0.0896. The van der Waals surface area contributed by atoms with Gasteiger partial charge in [-0.15, -0.1) is 11.3 Å². The van der Waals surface area contributed by atoms with Crippen LogP contribution in [-0.4, -0.2) is 33.8 Å². The summed E-state index contributed by atoms with van der Waals surface area (Å²) < 4.78 is 0. The number of nitrogens with one attached hydrogen (secondary N) is 1. The monoisotopic (exact) mass is 410 g/mol. The van der Waals surface area contributed by atoms with Crippen LogP contribution in [0, 0.1) is 6.92 Å². The molecule has 0 atom stereocenters. The van der Waals surface area contributed by atoms with E-state index in [0.717, 1.165) is 16.5 Å². The van der Waals surface area contributed by atoms with Crippen molar-refractivity contribution >= 4 is 45.0 Å². The number of rotatable bonds is 6. The molecule has 0 saturated heterocycles. The Labute approximate surface area is 173 Å². The van der Waals surface area contributed by atoms with Crippen molar-refractivity contribution in [2.45, 2.75) is 13.5 Å². The lowest BCUT2D eigenvalue weighted by atomic mass is 10.2. The molecule has 1 aromatic heterocycles. The number of aromatic nitrogens is 1. The second kappa shape index (κ2) is 10.1. The third-order valence-corrected chi connectivity index (χ3v) is 5.71. The number of carbonyl (C=O) groups is 1. The van der Waals surface area contributed by atoms with E-state index in [-0.39, 0.29) is 11.7 Å². The number of thiazole rings is 1. The predicted octanol–water partition coefficient (Wildman–Crippen LogP) is 4.94. The van der Waals surface area contributed by atoms with Gasteiger partial charge in [-0.05, 0) is 24.6 Å². The Morgan fingerprint density at radius 3 is 2.46 bits per heavy atom. The van der Waals surface area contributed by atoms with Crippen molar-refractivity contribution in [2.24, 2.45) is 4.99 Å². The molecule has 0 bridgehead atoms. The highest BCUT2D eigenvalue weighted by Crippen LogP contribution is 2.19. The molecule has 7 heteroatoms. The molecule has 0 aliphatic carbocycles. The van der Waals surface area contributed by atoms with Crippen molar-refractivity contribution in [1.29, 1.82) is 0 Å². The van der Waals surface area contributed by atoms with Crippen molar-refractivity contribution in [3.05, 3.63) is 77.3 Å². The highest BCUT2D eigenvalue weighted by molar-refractivity contribution is 8.14. The molecule has 3 aromatic rings. The van der Waals surface area contributed by atoms with E-state index in [1.807, 2.05) is 67.9 Å². The van der Waals surface area contributed by atoms with Gasteiger partial charge >= 0.3 is 0 Å². The summed E-state index contributed by atoms with van der Waals surface area (Å²) >= 11 is 2.85. The number of amidine groups is 1. The van der Waals surface area contributed by atoms with Gasteiger partial charge in [0.2, 0.25) is 5.91 Å². The molecule has 1 heterocycles. The Kier molecular flexibility index (Phi) is 7.22. The number of aliphatic imine (C=N–C) groups is 1. The lowest BCUT2D eigenvalue weighted by Gasteiger charge is -2.21. The Morgan fingerprint density at radius 2 is 1.82 bits per heavy atom. The molecule has 3 rings (SSSR count). The first-order valence-corrected chi connectivity index (χ1v) is 10.7. The SMILES string of the molecule is Cc1csc(NC(=O)CSC(=Nc2ccccc2)N(C)Cc2ccccc2)n1. The number of carbonyl (C=O) groups excluding carboxylic acids is 1. The van der Waals surface area contributed by atoms with Gasteiger partial charge in [-0.3, -0.25) is 4.79 Å². The minimum atomic E-state index is -0.0896. The number of nitrogens with zero attached hydrogens (tertiary/aromatic N) is 3. The van der Waals surface area contributed by atoms with Crippen LogP contribution >= 0.6 is 23.1 Å². The number of anilines is 1. The molecule has 0 saturated carbocycles. The number of hydrogen-bond acceptors (Lipinski definition) is 5. The van der Waals surface area contributed by atoms with Crippen molar-refractivity contribution in [1.82, 2.24) is 9.88 Å². The average Bonchev–Trinajstić information content (AvgIpc) is 3.11. The molecule has 5 nitrogen and oxygen atoms in total. The first kappa shape index (κ1) is 20.1. The number of hydrogen-bond donors (Lipinski definition) is 1. The standard InChI is InChI=1S/C21H22N4OS2/c1-16-14-27-20(22-16)24-19(26)15-28-21(23-18-11-7-4-8-12-18)25(2)13-17-9-5-3-6-10-17/h3-12,14H,13,15H2,1-2H3,(H,22,24,26). The van der Waals surface area contributed by atoms with Gasteiger partial charge in [-0.25, -0.2) is 9.98 Å². The smallest absolute Gasteiger partial charge is 0.236 e. The van der Waals surface area contributed by atoms with Crippen LogP contribution < -0.4 is 5.32 Å². The molecule has 1 amide bonds. The second-order valence-electron chi connectivity index (χ2n) is 6.20. The quantitative estimate of drug-likeness (QED) is 0.462. The fourth-order valence-corrected chi connectivity index (χ4v) is 3.95. The van der Waals surface area contributed by atoms with Gasteiger partial charge in [-0.1, -0.05) is 60.3 Å². The topological polar surface area (TPSA) is 57.6 Å². The lowest BCUT2D eigenvalue weighted by Crippen LogP contribution is -2.25. The Morgan fingerprint density at radius 1 is 1.14 bits per heavy atom. The minimum Gasteiger partial charge on any atom is -0.350 e. The van der Waals surface area contributed by atoms with Crippen LogP contribution in [-0.2, 0) is 11.3 Å². The zero-order valence-electron chi connectivity index (χ0n) is 15.8. The molecular formula is C21H22N4OS2. The van der Waals surface area contributed by atoms with Crippen LogP contribution in [0.25, 0.3) is 0 Å². The lowest BCUT2D eigenvalue weighted by molar-refractivity contribution is -0.113. The van der Waals surface area contributed by atoms with E-state index in [9.17, 15) is 4.79 Å². The van der Waals surface area contributed by atoms with Crippen LogP contribution in [0.1, 0.15) is 11.3 Å². The van der Waals surface area contributed by atoms with Gasteiger partial charge < -0.3 is 10.2 Å². The van der Waals surface area contributed by atoms with E-state index in [2.05, 4.69) is 27.3 Å². The summed E-state index contributed by atoms with van der Waals surface area (Å²) in [4.78, 5) is 23.4. The van der Waals surface area contributed by atoms with E-state index >= 15 is 0 Å². The van der Waals surface area contributed by atoms with Crippen molar-refractivity contribution in [3.8, 4) is 0 Å². The van der Waals surface area contributed by atoms with Crippen molar-refractivity contribution in [2.75, 3.05) is 18.1 Å². The summed E-state index contributed by atoms with van der Waals surface area (Å²) in [5.74, 6) is 0.178. The van der Waals surface area contributed by atoms with Gasteiger partial charge in [-0.2, -0.15) is 0 Å². The number of aryl methyl sites for hydroxylation is 1. The molecule has 0 spiro atoms. The van der Waals surface area contributed by atoms with E-state index in [0.29, 0.717) is 11.7 Å². The normalized spacial score (nSPS) is 11.3. The second-order valence-corrected chi connectivity index (χ2v) is 8.00. The zero-order valence-corrected chi connectivity index (χ0v) is 17.5. The molecule has 28 heavy (non-hydrogen) atoms. The molecule has 144 valence electrons. The summed E-state index contributed by atoms with van der Waals surface area (Å²) in [6, 6.07) is 20.0. The van der Waals surface area contributed by atoms with Gasteiger partial charge in [0.25, 0.3) is 0 Å². The van der Waals surface area contributed by atoms with Crippen LogP contribution in [0.3, 0.4) is 0 Å². The van der Waals surface area contributed by atoms with Gasteiger partial charge in [0.1, 0.15) is 0 Å². The first-order chi connectivity index (χ1) is 13.6. The maximum Gasteiger partial charge on any atom is 0.236 e. The van der Waals surface area contributed by atoms with Crippen LogP contribution in [0.15, 0.2) is 71.0 Å². The first-order valence-electron chi connectivity index (χ1n) is 8.84. The number of thioether (sulfide) groups is 1. The van der Waals surface area contributed by atoms with Crippen LogP contribution in [0.4, 0.5) is 10.8 Å². The summed E-state index contributed by atoms with van der Waals surface area (Å²) in [5, 5.41) is 6.18. The van der Waals surface area contributed by atoms with Gasteiger partial charge in [0, 0.05) is 19.0 Å². The fraction of sp³-hybridized carbons (Fsp3) is 0.190. The zero-order chi connectivity index (χ0) is 19.8. The summed E-state index contributed by atoms with van der Waals surface area (Å²) in [5.41, 5.74) is 2.96. The number of para-hydroxylation sites is 1. The average molecular weight is 411 g/mol. The molecule has 0 aliphatic heterocycles. The van der Waals surface area contributed by atoms with Crippen LogP contribution in [0.5, 0.6) is 0 Å². The molecule has 2 aromatic carbocycles. The van der Waals surface area contributed by atoms with Gasteiger partial charge in [0.05, 0.1) is 17.1 Å². The highest BCUT2D eigenvalue weighted by Gasteiger charge is 2.13. The van der Waals surface area contributed by atoms with E-state index in [4.69, 9.17) is 4.99 Å². The molecule has 0 aliphatic rings. The van der Waals surface area contributed by atoms with E-state index in [1.165, 1.54) is 28.7 Å². The molecule has 1 N–H and O–H groups in total. The Hall–Kier alpha value is -2.64. The number of amides is 1. The maximum atomic E-state index is 12.3. The van der Waals surface area contributed by atoms with Crippen LogP contribution in [0.2, 0.25) is 0 Å². The highest BCUT2D eigenvalue weighted by atomic mass is 32.2. The van der Waals surface area contributed by atoms with E-state index in [1.54, 1.807) is 0 Å².